The van der Waals surface area contributed by atoms with Crippen molar-refractivity contribution in [2.45, 2.75) is 11.3 Å². The van der Waals surface area contributed by atoms with Gasteiger partial charge in [0.05, 0.1) is 24.8 Å². The van der Waals surface area contributed by atoms with Crippen molar-refractivity contribution in [3.8, 4) is 11.5 Å². The van der Waals surface area contributed by atoms with Crippen molar-refractivity contribution in [1.29, 1.82) is 0 Å². The third-order valence-corrected chi connectivity index (χ3v) is 7.64. The zero-order valence-electron chi connectivity index (χ0n) is 19.4. The van der Waals surface area contributed by atoms with Crippen LogP contribution in [0.3, 0.4) is 0 Å². The molecule has 3 aromatic carbocycles. The van der Waals surface area contributed by atoms with Crippen LogP contribution in [0.1, 0.15) is 5.56 Å². The van der Waals surface area contributed by atoms with Crippen LogP contribution in [0.2, 0.25) is 0 Å². The Morgan fingerprint density at radius 1 is 0.879 bits per heavy atom. The van der Waals surface area contributed by atoms with Crippen molar-refractivity contribution in [1.82, 2.24) is 9.62 Å². The first kappa shape index (κ1) is 23.4. The summed E-state index contributed by atoms with van der Waals surface area (Å²) in [4.78, 5) is 4.69. The predicted octanol–water partition coefficient (Wildman–Crippen LogP) is 3.13. The maximum absolute atomic E-state index is 13.1. The summed E-state index contributed by atoms with van der Waals surface area (Å²) in [6.07, 6.45) is 0.575. The Labute approximate surface area is 196 Å². The Hall–Kier alpha value is -2.81. The number of piperazine rings is 1. The number of sulfonamides is 1. The first-order chi connectivity index (χ1) is 15.9. The standard InChI is InChI=1S/C25H31N3O4S/c1-27-14-16-28(17-15-27)23-18-20(10-11-25(23)32-3)33(29,30)26-13-12-19-6-4-8-22-21(19)7-5-9-24(22)31-2/h4-11,18,26H,12-17H2,1-3H3. The normalized spacial score (nSPS) is 15.1. The van der Waals surface area contributed by atoms with E-state index in [4.69, 9.17) is 9.47 Å². The monoisotopic (exact) mass is 469 g/mol. The second-order valence-electron chi connectivity index (χ2n) is 8.24. The lowest BCUT2D eigenvalue weighted by Gasteiger charge is -2.34. The lowest BCUT2D eigenvalue weighted by atomic mass is 10.0. The Morgan fingerprint density at radius 2 is 1.58 bits per heavy atom. The van der Waals surface area contributed by atoms with Crippen LogP contribution < -0.4 is 19.1 Å². The molecule has 0 saturated carbocycles. The van der Waals surface area contributed by atoms with E-state index >= 15 is 0 Å². The third kappa shape index (κ3) is 5.08. The van der Waals surface area contributed by atoms with Crippen LogP contribution in [0.4, 0.5) is 5.69 Å². The van der Waals surface area contributed by atoms with Gasteiger partial charge in [0.25, 0.3) is 0 Å². The minimum Gasteiger partial charge on any atom is -0.496 e. The number of nitrogens with zero attached hydrogens (tertiary/aromatic N) is 2. The fourth-order valence-corrected chi connectivity index (χ4v) is 5.33. The first-order valence-corrected chi connectivity index (χ1v) is 12.6. The quantitative estimate of drug-likeness (QED) is 0.547. The van der Waals surface area contributed by atoms with E-state index in [1.807, 2.05) is 36.4 Å². The summed E-state index contributed by atoms with van der Waals surface area (Å²) in [5.74, 6) is 1.49. The van der Waals surface area contributed by atoms with Gasteiger partial charge in [-0.1, -0.05) is 30.3 Å². The fourth-order valence-electron chi connectivity index (χ4n) is 4.28. The molecule has 1 saturated heterocycles. The van der Waals surface area contributed by atoms with Gasteiger partial charge < -0.3 is 19.3 Å². The van der Waals surface area contributed by atoms with E-state index in [2.05, 4.69) is 21.6 Å². The van der Waals surface area contributed by atoms with E-state index in [1.165, 1.54) is 0 Å². The van der Waals surface area contributed by atoms with Gasteiger partial charge in [-0.15, -0.1) is 0 Å². The van der Waals surface area contributed by atoms with Crippen LogP contribution in [0.15, 0.2) is 59.5 Å². The average Bonchev–Trinajstić information content (AvgIpc) is 2.83. The highest BCUT2D eigenvalue weighted by molar-refractivity contribution is 7.89. The van der Waals surface area contributed by atoms with Crippen molar-refractivity contribution in [2.75, 3.05) is 58.9 Å². The van der Waals surface area contributed by atoms with Gasteiger partial charge in [0, 0.05) is 38.1 Å². The molecule has 176 valence electrons. The summed E-state index contributed by atoms with van der Waals surface area (Å²) in [6.45, 7) is 3.81. The number of rotatable bonds is 8. The van der Waals surface area contributed by atoms with E-state index in [0.29, 0.717) is 18.7 Å². The van der Waals surface area contributed by atoms with Gasteiger partial charge in [-0.2, -0.15) is 0 Å². The fraction of sp³-hybridized carbons (Fsp3) is 0.360. The number of anilines is 1. The zero-order chi connectivity index (χ0) is 23.4. The highest BCUT2D eigenvalue weighted by atomic mass is 32.2. The molecule has 33 heavy (non-hydrogen) atoms. The SMILES string of the molecule is COc1ccc(S(=O)(=O)NCCc2cccc3c(OC)cccc23)cc1N1CCN(C)CC1. The highest BCUT2D eigenvalue weighted by Gasteiger charge is 2.22. The Bertz CT molecular complexity index is 1220. The molecule has 0 radical (unpaired) electrons. The van der Waals surface area contributed by atoms with Gasteiger partial charge >= 0.3 is 0 Å². The van der Waals surface area contributed by atoms with Crippen LogP contribution in [-0.4, -0.2) is 67.3 Å². The summed E-state index contributed by atoms with van der Waals surface area (Å²) in [7, 11) is 1.69. The number of ether oxygens (including phenoxy) is 2. The average molecular weight is 470 g/mol. The van der Waals surface area contributed by atoms with Gasteiger partial charge in [0.15, 0.2) is 0 Å². The molecule has 7 nitrogen and oxygen atoms in total. The van der Waals surface area contributed by atoms with Crippen molar-refractivity contribution in [3.63, 3.8) is 0 Å². The number of benzene rings is 3. The molecule has 0 atom stereocenters. The lowest BCUT2D eigenvalue weighted by molar-refractivity contribution is 0.311. The first-order valence-electron chi connectivity index (χ1n) is 11.1. The maximum Gasteiger partial charge on any atom is 0.240 e. The zero-order valence-corrected chi connectivity index (χ0v) is 20.2. The van der Waals surface area contributed by atoms with E-state index in [0.717, 1.165) is 54.0 Å². The molecule has 1 heterocycles. The number of hydrogen-bond acceptors (Lipinski definition) is 6. The van der Waals surface area contributed by atoms with E-state index in [9.17, 15) is 8.42 Å². The lowest BCUT2D eigenvalue weighted by Crippen LogP contribution is -2.44. The van der Waals surface area contributed by atoms with Crippen LogP contribution in [0, 0.1) is 0 Å². The molecule has 0 amide bonds. The van der Waals surface area contributed by atoms with E-state index in [1.54, 1.807) is 32.4 Å². The summed E-state index contributed by atoms with van der Waals surface area (Å²) in [5, 5.41) is 2.09. The summed E-state index contributed by atoms with van der Waals surface area (Å²) >= 11 is 0. The third-order valence-electron chi connectivity index (χ3n) is 6.18. The molecule has 4 rings (SSSR count). The minimum absolute atomic E-state index is 0.247. The molecular formula is C25H31N3O4S. The molecule has 8 heteroatoms. The number of methoxy groups -OCH3 is 2. The van der Waals surface area contributed by atoms with Gasteiger partial charge in [0.1, 0.15) is 11.5 Å². The maximum atomic E-state index is 13.1. The second kappa shape index (κ2) is 9.99. The van der Waals surface area contributed by atoms with Gasteiger partial charge in [0.2, 0.25) is 10.0 Å². The minimum atomic E-state index is -3.66. The van der Waals surface area contributed by atoms with Crippen molar-refractivity contribution < 1.29 is 17.9 Å². The Balaban J connectivity index is 1.50. The molecule has 1 fully saturated rings. The molecule has 0 aromatic heterocycles. The smallest absolute Gasteiger partial charge is 0.240 e. The van der Waals surface area contributed by atoms with Gasteiger partial charge in [-0.25, -0.2) is 13.1 Å². The predicted molar refractivity (Wildman–Crippen MR) is 132 cm³/mol. The summed E-state index contributed by atoms with van der Waals surface area (Å²) < 4.78 is 39.9. The van der Waals surface area contributed by atoms with Crippen molar-refractivity contribution in [2.24, 2.45) is 0 Å². The molecular weight excluding hydrogens is 438 g/mol. The number of nitrogens with one attached hydrogen (secondary N) is 1. The topological polar surface area (TPSA) is 71.1 Å². The molecule has 1 N–H and O–H groups in total. The second-order valence-corrected chi connectivity index (χ2v) is 10.0. The van der Waals surface area contributed by atoms with Crippen LogP contribution in [0.5, 0.6) is 11.5 Å². The molecule has 1 aliphatic rings. The van der Waals surface area contributed by atoms with Crippen LogP contribution in [0.25, 0.3) is 10.8 Å². The molecule has 1 aliphatic heterocycles. The Morgan fingerprint density at radius 3 is 2.30 bits per heavy atom. The van der Waals surface area contributed by atoms with Crippen LogP contribution >= 0.6 is 0 Å². The van der Waals surface area contributed by atoms with E-state index < -0.39 is 10.0 Å². The molecule has 0 aliphatic carbocycles. The largest absolute Gasteiger partial charge is 0.496 e. The van der Waals surface area contributed by atoms with Crippen LogP contribution in [-0.2, 0) is 16.4 Å². The Kier molecular flexibility index (Phi) is 7.07. The number of hydrogen-bond donors (Lipinski definition) is 1. The highest BCUT2D eigenvalue weighted by Crippen LogP contribution is 2.32. The van der Waals surface area contributed by atoms with E-state index in [-0.39, 0.29) is 4.90 Å². The van der Waals surface area contributed by atoms with Crippen molar-refractivity contribution in [3.05, 3.63) is 60.2 Å². The number of fused-ring (bicyclic) bond motifs is 1. The van der Waals surface area contributed by atoms with Crippen molar-refractivity contribution >= 4 is 26.5 Å². The van der Waals surface area contributed by atoms with Gasteiger partial charge in [-0.3, -0.25) is 0 Å². The summed E-state index contributed by atoms with van der Waals surface area (Å²) in [6, 6.07) is 17.0. The molecule has 3 aromatic rings. The molecule has 0 spiro atoms. The molecule has 0 unspecified atom stereocenters. The molecule has 0 bridgehead atoms. The number of likely N-dealkylation sites (N-methyl/N-ethyl adjacent to an activating group) is 1. The summed E-state index contributed by atoms with van der Waals surface area (Å²) in [5.41, 5.74) is 1.89. The van der Waals surface area contributed by atoms with Gasteiger partial charge in [-0.05, 0) is 48.7 Å².